The van der Waals surface area contributed by atoms with Gasteiger partial charge in [-0.3, -0.25) is 9.69 Å². The standard InChI is InChI=1S/C22H19ClN2O4S2/c1-15-10-17(23)11-19-21(15)24-22(30-19)25(12-18-8-5-9-29-18)20(26)14-31(27,28)13-16-6-3-2-4-7-16/h2-11H,12-14H2,1H3. The summed E-state index contributed by atoms with van der Waals surface area (Å²) in [7, 11) is -3.68. The van der Waals surface area contributed by atoms with Crippen molar-refractivity contribution in [2.45, 2.75) is 19.2 Å². The topological polar surface area (TPSA) is 80.5 Å². The molecule has 0 fully saturated rings. The molecule has 160 valence electrons. The summed E-state index contributed by atoms with van der Waals surface area (Å²) in [6.45, 7) is 1.97. The minimum Gasteiger partial charge on any atom is -0.467 e. The molecule has 0 spiro atoms. The Labute approximate surface area is 189 Å². The highest BCUT2D eigenvalue weighted by atomic mass is 35.5. The zero-order chi connectivity index (χ0) is 22.0. The number of hydrogen-bond donors (Lipinski definition) is 0. The van der Waals surface area contributed by atoms with Crippen molar-refractivity contribution in [1.29, 1.82) is 0 Å². The van der Waals surface area contributed by atoms with E-state index >= 15 is 0 Å². The van der Waals surface area contributed by atoms with Crippen LogP contribution in [0.4, 0.5) is 5.13 Å². The van der Waals surface area contributed by atoms with Crippen molar-refractivity contribution >= 4 is 54.0 Å². The first-order valence-electron chi connectivity index (χ1n) is 9.44. The molecule has 0 unspecified atom stereocenters. The van der Waals surface area contributed by atoms with Crippen molar-refractivity contribution in [3.8, 4) is 0 Å². The smallest absolute Gasteiger partial charge is 0.244 e. The van der Waals surface area contributed by atoms with E-state index in [2.05, 4.69) is 4.98 Å². The Morgan fingerprint density at radius 3 is 2.65 bits per heavy atom. The molecular formula is C22H19ClN2O4S2. The number of furan rings is 1. The predicted octanol–water partition coefficient (Wildman–Crippen LogP) is 5.00. The maximum atomic E-state index is 13.2. The summed E-state index contributed by atoms with van der Waals surface area (Å²) in [4.78, 5) is 19.1. The number of thiazole rings is 1. The number of nitrogens with zero attached hydrogens (tertiary/aromatic N) is 2. The Kier molecular flexibility index (Phi) is 6.13. The van der Waals surface area contributed by atoms with Crippen LogP contribution in [0.1, 0.15) is 16.9 Å². The average Bonchev–Trinajstić information content (AvgIpc) is 3.35. The number of carbonyl (C=O) groups is 1. The number of carbonyl (C=O) groups excluding carboxylic acids is 1. The van der Waals surface area contributed by atoms with E-state index in [1.165, 1.54) is 22.5 Å². The summed E-state index contributed by atoms with van der Waals surface area (Å²) in [5.74, 6) is -0.862. The van der Waals surface area contributed by atoms with Crippen LogP contribution in [0.2, 0.25) is 5.02 Å². The molecule has 0 N–H and O–H groups in total. The van der Waals surface area contributed by atoms with Crippen molar-refractivity contribution in [3.05, 3.63) is 82.8 Å². The van der Waals surface area contributed by atoms with Gasteiger partial charge in [0.15, 0.2) is 15.0 Å². The van der Waals surface area contributed by atoms with Gasteiger partial charge in [0, 0.05) is 5.02 Å². The lowest BCUT2D eigenvalue weighted by atomic mass is 10.2. The highest BCUT2D eigenvalue weighted by Gasteiger charge is 2.27. The molecule has 0 saturated heterocycles. The number of amides is 1. The first-order valence-corrected chi connectivity index (χ1v) is 12.5. The molecule has 0 aliphatic rings. The number of fused-ring (bicyclic) bond motifs is 1. The Bertz CT molecular complexity index is 1320. The van der Waals surface area contributed by atoms with Gasteiger partial charge in [-0.2, -0.15) is 0 Å². The van der Waals surface area contributed by atoms with E-state index in [-0.39, 0.29) is 12.3 Å². The van der Waals surface area contributed by atoms with E-state index in [9.17, 15) is 13.2 Å². The Balaban J connectivity index is 1.65. The van der Waals surface area contributed by atoms with Crippen LogP contribution in [-0.4, -0.2) is 25.1 Å². The van der Waals surface area contributed by atoms with E-state index < -0.39 is 21.5 Å². The Morgan fingerprint density at radius 2 is 1.94 bits per heavy atom. The lowest BCUT2D eigenvalue weighted by Crippen LogP contribution is -2.35. The molecule has 4 aromatic rings. The maximum absolute atomic E-state index is 13.2. The normalized spacial score (nSPS) is 11.7. The van der Waals surface area contributed by atoms with Crippen molar-refractivity contribution in [2.24, 2.45) is 0 Å². The molecule has 2 heterocycles. The van der Waals surface area contributed by atoms with Crippen LogP contribution in [0, 0.1) is 6.92 Å². The number of aryl methyl sites for hydroxylation is 1. The summed E-state index contributed by atoms with van der Waals surface area (Å²) in [5.41, 5.74) is 2.25. The zero-order valence-electron chi connectivity index (χ0n) is 16.6. The van der Waals surface area contributed by atoms with Gasteiger partial charge in [-0.15, -0.1) is 0 Å². The first-order chi connectivity index (χ1) is 14.8. The molecule has 0 radical (unpaired) electrons. The summed E-state index contributed by atoms with van der Waals surface area (Å²) >= 11 is 7.45. The fraction of sp³-hybridized carbons (Fsp3) is 0.182. The average molecular weight is 475 g/mol. The third kappa shape index (κ3) is 5.15. The van der Waals surface area contributed by atoms with E-state index in [1.807, 2.05) is 13.0 Å². The molecule has 2 aromatic carbocycles. The third-order valence-electron chi connectivity index (χ3n) is 4.64. The van der Waals surface area contributed by atoms with Crippen LogP contribution in [0.3, 0.4) is 0 Å². The molecule has 0 atom stereocenters. The predicted molar refractivity (Wildman–Crippen MR) is 123 cm³/mol. The largest absolute Gasteiger partial charge is 0.467 e. The molecule has 0 aliphatic heterocycles. The van der Waals surface area contributed by atoms with Gasteiger partial charge in [0.25, 0.3) is 0 Å². The molecule has 1 amide bonds. The number of sulfone groups is 1. The van der Waals surface area contributed by atoms with Crippen LogP contribution in [-0.2, 0) is 26.9 Å². The summed E-state index contributed by atoms with van der Waals surface area (Å²) < 4.78 is 31.6. The van der Waals surface area contributed by atoms with E-state index in [0.29, 0.717) is 21.5 Å². The quantitative estimate of drug-likeness (QED) is 0.376. The first kappa shape index (κ1) is 21.5. The molecule has 6 nitrogen and oxygen atoms in total. The molecule has 0 saturated carbocycles. The summed E-state index contributed by atoms with van der Waals surface area (Å²) in [6.07, 6.45) is 1.51. The second kappa shape index (κ2) is 8.82. The number of anilines is 1. The highest BCUT2D eigenvalue weighted by Crippen LogP contribution is 2.34. The Morgan fingerprint density at radius 1 is 1.16 bits per heavy atom. The molecule has 2 aromatic heterocycles. The fourth-order valence-electron chi connectivity index (χ4n) is 3.22. The summed E-state index contributed by atoms with van der Waals surface area (Å²) in [5, 5.41) is 0.978. The molecule has 0 aliphatic carbocycles. The SMILES string of the molecule is Cc1cc(Cl)cc2sc(N(Cc3ccco3)C(=O)CS(=O)(=O)Cc3ccccc3)nc12. The lowest BCUT2D eigenvalue weighted by molar-refractivity contribution is -0.116. The monoisotopic (exact) mass is 474 g/mol. The van der Waals surface area contributed by atoms with Gasteiger partial charge >= 0.3 is 0 Å². The lowest BCUT2D eigenvalue weighted by Gasteiger charge is -2.18. The molecular weight excluding hydrogens is 456 g/mol. The van der Waals surface area contributed by atoms with Crippen LogP contribution in [0.5, 0.6) is 0 Å². The zero-order valence-corrected chi connectivity index (χ0v) is 19.0. The van der Waals surface area contributed by atoms with E-state index in [0.717, 1.165) is 15.8 Å². The number of halogens is 1. The second-order valence-corrected chi connectivity index (χ2v) is 10.7. The van der Waals surface area contributed by atoms with Crippen LogP contribution in [0.15, 0.2) is 65.3 Å². The van der Waals surface area contributed by atoms with Gasteiger partial charge in [0.2, 0.25) is 5.91 Å². The third-order valence-corrected chi connectivity index (χ3v) is 7.34. The maximum Gasteiger partial charge on any atom is 0.244 e. The van der Waals surface area contributed by atoms with Crippen molar-refractivity contribution in [3.63, 3.8) is 0 Å². The number of benzene rings is 2. The van der Waals surface area contributed by atoms with Crippen LogP contribution < -0.4 is 4.90 Å². The van der Waals surface area contributed by atoms with Crippen molar-refractivity contribution < 1.29 is 17.6 Å². The Hall–Kier alpha value is -2.68. The van der Waals surface area contributed by atoms with Crippen LogP contribution in [0.25, 0.3) is 10.2 Å². The van der Waals surface area contributed by atoms with Crippen molar-refractivity contribution in [1.82, 2.24) is 4.98 Å². The van der Waals surface area contributed by atoms with Crippen LogP contribution >= 0.6 is 22.9 Å². The number of hydrogen-bond acceptors (Lipinski definition) is 6. The van der Waals surface area contributed by atoms with E-state index in [1.54, 1.807) is 48.5 Å². The van der Waals surface area contributed by atoms with Crippen molar-refractivity contribution in [2.75, 3.05) is 10.7 Å². The van der Waals surface area contributed by atoms with Gasteiger partial charge in [-0.05, 0) is 42.3 Å². The van der Waals surface area contributed by atoms with Gasteiger partial charge in [-0.25, -0.2) is 13.4 Å². The van der Waals surface area contributed by atoms with Gasteiger partial charge in [-0.1, -0.05) is 53.3 Å². The molecule has 4 rings (SSSR count). The molecule has 9 heteroatoms. The minimum absolute atomic E-state index is 0.0826. The van der Waals surface area contributed by atoms with Gasteiger partial charge in [0.05, 0.1) is 28.8 Å². The number of rotatable bonds is 7. The van der Waals surface area contributed by atoms with Gasteiger partial charge in [0.1, 0.15) is 11.5 Å². The second-order valence-electron chi connectivity index (χ2n) is 7.14. The van der Waals surface area contributed by atoms with E-state index in [4.69, 9.17) is 16.0 Å². The highest BCUT2D eigenvalue weighted by molar-refractivity contribution is 7.91. The fourth-order valence-corrected chi connectivity index (χ4v) is 6.00. The number of aromatic nitrogens is 1. The summed E-state index contributed by atoms with van der Waals surface area (Å²) in [6, 6.07) is 15.8. The minimum atomic E-state index is -3.68. The molecule has 0 bridgehead atoms. The molecule has 31 heavy (non-hydrogen) atoms. The van der Waals surface area contributed by atoms with Gasteiger partial charge < -0.3 is 4.42 Å².